The SMILES string of the molecule is Cc1cc(C)c(NC(=O)CC2CCNCC2)c(Br)c1. The number of amides is 1. The number of carbonyl (C=O) groups excluding carboxylic acids is 1. The topological polar surface area (TPSA) is 41.1 Å². The van der Waals surface area contributed by atoms with Crippen LogP contribution < -0.4 is 10.6 Å². The lowest BCUT2D eigenvalue weighted by Gasteiger charge is -2.22. The average Bonchev–Trinajstić information content (AvgIpc) is 2.35. The van der Waals surface area contributed by atoms with E-state index in [0.717, 1.165) is 41.7 Å². The fourth-order valence-corrected chi connectivity index (χ4v) is 3.39. The van der Waals surface area contributed by atoms with Gasteiger partial charge in [-0.05, 0) is 78.8 Å². The largest absolute Gasteiger partial charge is 0.325 e. The Kier molecular flexibility index (Phi) is 4.99. The number of aryl methyl sites for hydroxylation is 2. The highest BCUT2D eigenvalue weighted by Crippen LogP contribution is 2.28. The molecule has 2 rings (SSSR count). The van der Waals surface area contributed by atoms with Crippen LogP contribution in [0.1, 0.15) is 30.4 Å². The van der Waals surface area contributed by atoms with E-state index < -0.39 is 0 Å². The van der Waals surface area contributed by atoms with Gasteiger partial charge in [0.05, 0.1) is 5.69 Å². The molecule has 1 aromatic carbocycles. The third-order valence-corrected chi connectivity index (χ3v) is 4.25. The summed E-state index contributed by atoms with van der Waals surface area (Å²) >= 11 is 3.53. The number of halogens is 1. The molecule has 1 fully saturated rings. The van der Waals surface area contributed by atoms with Crippen LogP contribution in [-0.4, -0.2) is 19.0 Å². The van der Waals surface area contributed by atoms with Gasteiger partial charge in [0.2, 0.25) is 5.91 Å². The summed E-state index contributed by atoms with van der Waals surface area (Å²) in [5, 5.41) is 6.37. The van der Waals surface area contributed by atoms with E-state index in [1.807, 2.05) is 13.0 Å². The third-order valence-electron chi connectivity index (χ3n) is 3.63. The zero-order chi connectivity index (χ0) is 13.8. The van der Waals surface area contributed by atoms with Crippen molar-refractivity contribution >= 4 is 27.5 Å². The van der Waals surface area contributed by atoms with Gasteiger partial charge < -0.3 is 10.6 Å². The summed E-state index contributed by atoms with van der Waals surface area (Å²) in [6, 6.07) is 4.12. The number of hydrogen-bond donors (Lipinski definition) is 2. The summed E-state index contributed by atoms with van der Waals surface area (Å²) in [5.41, 5.74) is 3.20. The van der Waals surface area contributed by atoms with Crippen molar-refractivity contribution in [1.82, 2.24) is 5.32 Å². The molecule has 1 heterocycles. The summed E-state index contributed by atoms with van der Waals surface area (Å²) in [4.78, 5) is 12.1. The second-order valence-corrected chi connectivity index (χ2v) is 6.24. The lowest BCUT2D eigenvalue weighted by Crippen LogP contribution is -2.30. The van der Waals surface area contributed by atoms with Crippen LogP contribution in [0.3, 0.4) is 0 Å². The van der Waals surface area contributed by atoms with Crippen molar-refractivity contribution in [3.8, 4) is 0 Å². The van der Waals surface area contributed by atoms with Crippen LogP contribution in [0.25, 0.3) is 0 Å². The summed E-state index contributed by atoms with van der Waals surface area (Å²) in [6.07, 6.45) is 2.82. The number of carbonyl (C=O) groups is 1. The van der Waals surface area contributed by atoms with Crippen molar-refractivity contribution in [2.24, 2.45) is 5.92 Å². The Morgan fingerprint density at radius 2 is 2.05 bits per heavy atom. The van der Waals surface area contributed by atoms with E-state index in [-0.39, 0.29) is 5.91 Å². The van der Waals surface area contributed by atoms with Gasteiger partial charge in [-0.1, -0.05) is 6.07 Å². The van der Waals surface area contributed by atoms with Crippen molar-refractivity contribution in [1.29, 1.82) is 0 Å². The number of nitrogens with one attached hydrogen (secondary N) is 2. The Morgan fingerprint density at radius 3 is 2.68 bits per heavy atom. The highest BCUT2D eigenvalue weighted by atomic mass is 79.9. The minimum absolute atomic E-state index is 0.125. The second-order valence-electron chi connectivity index (χ2n) is 5.38. The lowest BCUT2D eigenvalue weighted by atomic mass is 9.94. The van der Waals surface area contributed by atoms with Crippen LogP contribution in [0.4, 0.5) is 5.69 Å². The van der Waals surface area contributed by atoms with Gasteiger partial charge in [0.25, 0.3) is 0 Å². The maximum Gasteiger partial charge on any atom is 0.224 e. The smallest absolute Gasteiger partial charge is 0.224 e. The number of piperidine rings is 1. The van der Waals surface area contributed by atoms with Gasteiger partial charge >= 0.3 is 0 Å². The van der Waals surface area contributed by atoms with Gasteiger partial charge in [-0.15, -0.1) is 0 Å². The first-order valence-corrected chi connectivity index (χ1v) is 7.63. The van der Waals surface area contributed by atoms with Crippen molar-refractivity contribution in [2.45, 2.75) is 33.1 Å². The molecule has 104 valence electrons. The molecule has 4 heteroatoms. The predicted octanol–water partition coefficient (Wildman–Crippen LogP) is 3.39. The fourth-order valence-electron chi connectivity index (χ4n) is 2.61. The maximum absolute atomic E-state index is 12.1. The molecule has 0 radical (unpaired) electrons. The summed E-state index contributed by atoms with van der Waals surface area (Å²) in [5.74, 6) is 0.644. The molecule has 2 N–H and O–H groups in total. The molecule has 1 saturated heterocycles. The van der Waals surface area contributed by atoms with Crippen LogP contribution in [0.15, 0.2) is 16.6 Å². The van der Waals surface area contributed by atoms with Gasteiger partial charge in [-0.25, -0.2) is 0 Å². The van der Waals surface area contributed by atoms with Crippen LogP contribution in [0, 0.1) is 19.8 Å². The molecule has 0 saturated carbocycles. The first-order chi connectivity index (χ1) is 9.06. The Morgan fingerprint density at radius 1 is 1.37 bits per heavy atom. The molecule has 1 amide bonds. The second kappa shape index (κ2) is 6.53. The predicted molar refractivity (Wildman–Crippen MR) is 82.5 cm³/mol. The number of benzene rings is 1. The van der Waals surface area contributed by atoms with E-state index in [9.17, 15) is 4.79 Å². The monoisotopic (exact) mass is 324 g/mol. The van der Waals surface area contributed by atoms with Gasteiger partial charge in [-0.2, -0.15) is 0 Å². The zero-order valence-electron chi connectivity index (χ0n) is 11.6. The molecule has 0 unspecified atom stereocenters. The quantitative estimate of drug-likeness (QED) is 0.894. The molecule has 1 aliphatic rings. The minimum Gasteiger partial charge on any atom is -0.325 e. The van der Waals surface area contributed by atoms with Gasteiger partial charge in [0.15, 0.2) is 0 Å². The Labute approximate surface area is 123 Å². The first-order valence-electron chi connectivity index (χ1n) is 6.83. The lowest BCUT2D eigenvalue weighted by molar-refractivity contribution is -0.117. The summed E-state index contributed by atoms with van der Waals surface area (Å²) < 4.78 is 0.962. The maximum atomic E-state index is 12.1. The van der Waals surface area contributed by atoms with Crippen LogP contribution >= 0.6 is 15.9 Å². The van der Waals surface area contributed by atoms with Crippen molar-refractivity contribution < 1.29 is 4.79 Å². The van der Waals surface area contributed by atoms with Gasteiger partial charge in [-0.3, -0.25) is 4.79 Å². The minimum atomic E-state index is 0.125. The van der Waals surface area contributed by atoms with E-state index in [4.69, 9.17) is 0 Å². The summed E-state index contributed by atoms with van der Waals surface area (Å²) in [6.45, 7) is 6.15. The highest BCUT2D eigenvalue weighted by molar-refractivity contribution is 9.10. The normalized spacial score (nSPS) is 16.4. The standard InChI is InChI=1S/C15H21BrN2O/c1-10-7-11(2)15(13(16)8-10)18-14(19)9-12-3-5-17-6-4-12/h7-8,12,17H,3-6,9H2,1-2H3,(H,18,19). The van der Waals surface area contributed by atoms with Crippen molar-refractivity contribution in [2.75, 3.05) is 18.4 Å². The number of hydrogen-bond acceptors (Lipinski definition) is 2. The molecule has 3 nitrogen and oxygen atoms in total. The molecular weight excluding hydrogens is 304 g/mol. The highest BCUT2D eigenvalue weighted by Gasteiger charge is 2.17. The number of anilines is 1. The van der Waals surface area contributed by atoms with Crippen molar-refractivity contribution in [3.05, 3.63) is 27.7 Å². The molecule has 19 heavy (non-hydrogen) atoms. The van der Waals surface area contributed by atoms with Gasteiger partial charge in [0.1, 0.15) is 0 Å². The zero-order valence-corrected chi connectivity index (χ0v) is 13.1. The molecule has 1 aromatic rings. The molecule has 0 aliphatic carbocycles. The van der Waals surface area contributed by atoms with Gasteiger partial charge in [0, 0.05) is 10.9 Å². The molecule has 0 spiro atoms. The Bertz CT molecular complexity index is 444. The van der Waals surface area contributed by atoms with Crippen LogP contribution in [-0.2, 0) is 4.79 Å². The van der Waals surface area contributed by atoms with E-state index >= 15 is 0 Å². The fraction of sp³-hybridized carbons (Fsp3) is 0.533. The molecular formula is C15H21BrN2O. The molecule has 0 bridgehead atoms. The van der Waals surface area contributed by atoms with Crippen molar-refractivity contribution in [3.63, 3.8) is 0 Å². The third kappa shape index (κ3) is 4.05. The molecule has 1 aliphatic heterocycles. The van der Waals surface area contributed by atoms with E-state index in [1.54, 1.807) is 0 Å². The summed E-state index contributed by atoms with van der Waals surface area (Å²) in [7, 11) is 0. The average molecular weight is 325 g/mol. The molecule has 0 atom stereocenters. The Balaban J connectivity index is 1.98. The van der Waals surface area contributed by atoms with E-state index in [1.165, 1.54) is 5.56 Å². The Hall–Kier alpha value is -0.870. The first kappa shape index (κ1) is 14.5. The molecule has 0 aromatic heterocycles. The van der Waals surface area contributed by atoms with Crippen LogP contribution in [0.5, 0.6) is 0 Å². The van der Waals surface area contributed by atoms with Crippen LogP contribution in [0.2, 0.25) is 0 Å². The van der Waals surface area contributed by atoms with E-state index in [2.05, 4.69) is 39.6 Å². The number of rotatable bonds is 3. The van der Waals surface area contributed by atoms with E-state index in [0.29, 0.717) is 12.3 Å².